The van der Waals surface area contributed by atoms with E-state index < -0.39 is 0 Å². The van der Waals surface area contributed by atoms with Gasteiger partial charge in [0.2, 0.25) is 5.91 Å². The second-order valence-electron chi connectivity index (χ2n) is 5.25. The summed E-state index contributed by atoms with van der Waals surface area (Å²) < 4.78 is 0. The number of thiophene rings is 1. The first-order valence-corrected chi connectivity index (χ1v) is 7.79. The first-order chi connectivity index (χ1) is 8.86. The molecule has 18 heavy (non-hydrogen) atoms. The van der Waals surface area contributed by atoms with E-state index in [2.05, 4.69) is 27.7 Å². The van der Waals surface area contributed by atoms with Crippen LogP contribution in [-0.4, -0.2) is 30.4 Å². The van der Waals surface area contributed by atoms with Gasteiger partial charge in [0.1, 0.15) is 0 Å². The van der Waals surface area contributed by atoms with Gasteiger partial charge >= 0.3 is 0 Å². The van der Waals surface area contributed by atoms with Crippen LogP contribution in [0.1, 0.15) is 36.6 Å². The van der Waals surface area contributed by atoms with Crippen LogP contribution in [0.15, 0.2) is 17.5 Å². The third-order valence-corrected chi connectivity index (χ3v) is 5.03. The molecule has 0 spiro atoms. The van der Waals surface area contributed by atoms with Crippen molar-refractivity contribution in [2.24, 2.45) is 5.92 Å². The Kier molecular flexibility index (Phi) is 3.66. The van der Waals surface area contributed by atoms with Crippen molar-refractivity contribution >= 4 is 17.2 Å². The number of amides is 1. The molecule has 0 aromatic carbocycles. The fraction of sp³-hybridized carbons (Fsp3) is 0.643. The minimum absolute atomic E-state index is 0.208. The number of likely N-dealkylation sites (tertiary alicyclic amines) is 1. The van der Waals surface area contributed by atoms with Gasteiger partial charge in [-0.1, -0.05) is 6.07 Å². The highest BCUT2D eigenvalue weighted by Gasteiger charge is 2.34. The van der Waals surface area contributed by atoms with E-state index in [0.29, 0.717) is 11.9 Å². The number of nitrogens with one attached hydrogen (secondary N) is 1. The number of piperidine rings is 1. The summed E-state index contributed by atoms with van der Waals surface area (Å²) in [6.45, 7) is 2.88. The van der Waals surface area contributed by atoms with Crippen molar-refractivity contribution in [3.63, 3.8) is 0 Å². The van der Waals surface area contributed by atoms with E-state index in [9.17, 15) is 4.79 Å². The Morgan fingerprint density at radius 1 is 1.39 bits per heavy atom. The Bertz CT molecular complexity index is 398. The molecule has 1 N–H and O–H groups in total. The third-order valence-electron chi connectivity index (χ3n) is 4.05. The van der Waals surface area contributed by atoms with Crippen LogP contribution < -0.4 is 5.32 Å². The van der Waals surface area contributed by atoms with Gasteiger partial charge in [-0.25, -0.2) is 0 Å². The van der Waals surface area contributed by atoms with Gasteiger partial charge in [-0.05, 0) is 43.7 Å². The molecular weight excluding hydrogens is 244 g/mol. The van der Waals surface area contributed by atoms with Gasteiger partial charge in [-0.2, -0.15) is 0 Å². The van der Waals surface area contributed by atoms with Crippen molar-refractivity contribution in [3.05, 3.63) is 22.4 Å². The highest BCUT2D eigenvalue weighted by atomic mass is 32.1. The fourth-order valence-electron chi connectivity index (χ4n) is 3.10. The quantitative estimate of drug-likeness (QED) is 0.889. The van der Waals surface area contributed by atoms with E-state index in [4.69, 9.17) is 0 Å². The van der Waals surface area contributed by atoms with E-state index in [1.54, 1.807) is 11.3 Å². The Labute approximate surface area is 112 Å². The Balaban J connectivity index is 1.72. The molecular formula is C14H20N2OS. The van der Waals surface area contributed by atoms with Crippen LogP contribution in [0.25, 0.3) is 0 Å². The van der Waals surface area contributed by atoms with Gasteiger partial charge in [-0.15, -0.1) is 11.3 Å². The number of nitrogens with zero attached hydrogens (tertiary/aromatic N) is 1. The van der Waals surface area contributed by atoms with Crippen molar-refractivity contribution in [1.82, 2.24) is 10.2 Å². The lowest BCUT2D eigenvalue weighted by molar-refractivity contribution is -0.137. The minimum Gasteiger partial charge on any atom is -0.335 e. The monoisotopic (exact) mass is 264 g/mol. The number of rotatable bonds is 2. The molecule has 3 rings (SSSR count). The Hall–Kier alpha value is -0.870. The molecule has 0 aliphatic carbocycles. The molecule has 4 heteroatoms. The Morgan fingerprint density at radius 2 is 2.33 bits per heavy atom. The first kappa shape index (κ1) is 12.2. The smallest absolute Gasteiger partial charge is 0.227 e. The highest BCUT2D eigenvalue weighted by molar-refractivity contribution is 7.10. The van der Waals surface area contributed by atoms with Gasteiger partial charge in [0.05, 0.1) is 12.0 Å². The lowest BCUT2D eigenvalue weighted by Crippen LogP contribution is -2.42. The van der Waals surface area contributed by atoms with Crippen molar-refractivity contribution < 1.29 is 4.79 Å². The molecule has 2 atom stereocenters. The van der Waals surface area contributed by atoms with Gasteiger partial charge < -0.3 is 10.2 Å². The van der Waals surface area contributed by atoms with Gasteiger partial charge in [-0.3, -0.25) is 4.79 Å². The van der Waals surface area contributed by atoms with Gasteiger partial charge in [0.25, 0.3) is 0 Å². The molecule has 2 aliphatic rings. The summed E-state index contributed by atoms with van der Waals surface area (Å²) in [7, 11) is 0. The normalized spacial score (nSPS) is 28.6. The Morgan fingerprint density at radius 3 is 3.06 bits per heavy atom. The molecule has 3 heterocycles. The molecule has 2 saturated heterocycles. The largest absolute Gasteiger partial charge is 0.335 e. The molecule has 0 radical (unpaired) electrons. The fourth-order valence-corrected chi connectivity index (χ4v) is 3.98. The van der Waals surface area contributed by atoms with Gasteiger partial charge in [0.15, 0.2) is 0 Å². The van der Waals surface area contributed by atoms with Crippen LogP contribution in [-0.2, 0) is 4.79 Å². The molecule has 0 saturated carbocycles. The van der Waals surface area contributed by atoms with Crippen LogP contribution in [0.4, 0.5) is 0 Å². The maximum atomic E-state index is 12.6. The molecule has 2 fully saturated rings. The highest BCUT2D eigenvalue weighted by Crippen LogP contribution is 2.35. The molecule has 1 amide bonds. The lowest BCUT2D eigenvalue weighted by atomic mass is 9.97. The minimum atomic E-state index is 0.208. The summed E-state index contributed by atoms with van der Waals surface area (Å²) in [5, 5.41) is 5.45. The summed E-state index contributed by atoms with van der Waals surface area (Å²) in [5.41, 5.74) is 0. The van der Waals surface area contributed by atoms with Crippen LogP contribution in [0, 0.1) is 5.92 Å². The number of hydrogen-bond donors (Lipinski definition) is 1. The van der Waals surface area contributed by atoms with Crippen molar-refractivity contribution in [2.75, 3.05) is 19.6 Å². The molecule has 0 bridgehead atoms. The first-order valence-electron chi connectivity index (χ1n) is 6.91. The summed E-state index contributed by atoms with van der Waals surface area (Å²) in [6, 6.07) is 4.60. The number of carbonyl (C=O) groups is 1. The zero-order valence-electron chi connectivity index (χ0n) is 10.6. The van der Waals surface area contributed by atoms with Gasteiger partial charge in [0, 0.05) is 18.0 Å². The molecule has 1 aromatic rings. The second kappa shape index (κ2) is 5.41. The topological polar surface area (TPSA) is 32.3 Å². The van der Waals surface area contributed by atoms with E-state index in [1.807, 2.05) is 0 Å². The average Bonchev–Trinajstić information content (AvgIpc) is 3.09. The van der Waals surface area contributed by atoms with Crippen molar-refractivity contribution in [3.8, 4) is 0 Å². The number of hydrogen-bond acceptors (Lipinski definition) is 3. The van der Waals surface area contributed by atoms with Crippen LogP contribution in [0.2, 0.25) is 0 Å². The van der Waals surface area contributed by atoms with Crippen molar-refractivity contribution in [2.45, 2.75) is 31.7 Å². The summed E-state index contributed by atoms with van der Waals surface area (Å²) in [5.74, 6) is 0.581. The molecule has 2 aliphatic heterocycles. The van der Waals surface area contributed by atoms with E-state index in [0.717, 1.165) is 45.3 Å². The van der Waals surface area contributed by atoms with E-state index in [-0.39, 0.29) is 5.92 Å². The number of carbonyl (C=O) groups excluding carboxylic acids is 1. The SMILES string of the molecule is O=C([C@H]1CCCNC1)N1CCCC1c1cccs1. The second-order valence-corrected chi connectivity index (χ2v) is 6.23. The standard InChI is InChI=1S/C14H20N2OS/c17-14(11-4-1-7-15-10-11)16-8-2-5-12(16)13-6-3-9-18-13/h3,6,9,11-12,15H,1-2,4-5,7-8,10H2/t11-,12?/m0/s1. The zero-order valence-corrected chi connectivity index (χ0v) is 11.4. The molecule has 1 unspecified atom stereocenters. The van der Waals surface area contributed by atoms with Crippen molar-refractivity contribution in [1.29, 1.82) is 0 Å². The lowest BCUT2D eigenvalue weighted by Gasteiger charge is -2.30. The molecule has 3 nitrogen and oxygen atoms in total. The maximum absolute atomic E-state index is 12.6. The summed E-state index contributed by atoms with van der Waals surface area (Å²) >= 11 is 1.78. The summed E-state index contributed by atoms with van der Waals surface area (Å²) in [4.78, 5) is 16.1. The predicted molar refractivity (Wildman–Crippen MR) is 73.6 cm³/mol. The summed E-state index contributed by atoms with van der Waals surface area (Å²) in [6.07, 6.45) is 4.47. The predicted octanol–water partition coefficient (Wildman–Crippen LogP) is 2.41. The van der Waals surface area contributed by atoms with E-state index in [1.165, 1.54) is 4.88 Å². The average molecular weight is 264 g/mol. The van der Waals surface area contributed by atoms with E-state index >= 15 is 0 Å². The van der Waals surface area contributed by atoms with Crippen LogP contribution >= 0.6 is 11.3 Å². The third kappa shape index (κ3) is 2.31. The maximum Gasteiger partial charge on any atom is 0.227 e. The zero-order chi connectivity index (χ0) is 12.4. The molecule has 1 aromatic heterocycles. The van der Waals surface area contributed by atoms with Crippen LogP contribution in [0.5, 0.6) is 0 Å². The molecule has 98 valence electrons. The van der Waals surface area contributed by atoms with Crippen LogP contribution in [0.3, 0.4) is 0 Å².